The van der Waals surface area contributed by atoms with Gasteiger partial charge in [0.25, 0.3) is 5.89 Å². The van der Waals surface area contributed by atoms with Crippen LogP contribution in [0.4, 0.5) is 0 Å². The summed E-state index contributed by atoms with van der Waals surface area (Å²) in [5.74, 6) is 0.256. The molecular formula is C13H13BrN2O4. The molecule has 0 unspecified atom stereocenters. The SMILES string of the molecule is CC(C)c1noc(COc2cc(Br)ccc2C(=O)O)n1. The lowest BCUT2D eigenvalue weighted by Gasteiger charge is -2.07. The molecule has 0 fully saturated rings. The topological polar surface area (TPSA) is 85.5 Å². The third kappa shape index (κ3) is 3.36. The lowest BCUT2D eigenvalue weighted by molar-refractivity contribution is 0.0691. The number of carbonyl (C=O) groups is 1. The molecule has 6 nitrogen and oxygen atoms in total. The quantitative estimate of drug-likeness (QED) is 0.899. The molecule has 1 N–H and O–H groups in total. The average molecular weight is 341 g/mol. The summed E-state index contributed by atoms with van der Waals surface area (Å²) in [5, 5.41) is 12.9. The lowest BCUT2D eigenvalue weighted by Crippen LogP contribution is -2.03. The van der Waals surface area contributed by atoms with E-state index in [1.807, 2.05) is 13.8 Å². The fourth-order valence-electron chi connectivity index (χ4n) is 1.49. The molecule has 1 aromatic heterocycles. The van der Waals surface area contributed by atoms with Crippen molar-refractivity contribution < 1.29 is 19.2 Å². The number of carboxylic acid groups (broad SMARTS) is 1. The van der Waals surface area contributed by atoms with Crippen LogP contribution in [0.25, 0.3) is 0 Å². The smallest absolute Gasteiger partial charge is 0.339 e. The Hall–Kier alpha value is -1.89. The van der Waals surface area contributed by atoms with E-state index < -0.39 is 5.97 Å². The Morgan fingerprint density at radius 3 is 2.85 bits per heavy atom. The van der Waals surface area contributed by atoms with Gasteiger partial charge in [-0.25, -0.2) is 4.79 Å². The second kappa shape index (κ2) is 6.04. The van der Waals surface area contributed by atoms with Gasteiger partial charge in [0.1, 0.15) is 11.3 Å². The molecule has 0 amide bonds. The predicted octanol–water partition coefficient (Wildman–Crippen LogP) is 3.23. The van der Waals surface area contributed by atoms with Crippen LogP contribution in [-0.2, 0) is 6.61 Å². The first kappa shape index (κ1) is 14.5. The van der Waals surface area contributed by atoms with Gasteiger partial charge in [0.15, 0.2) is 12.4 Å². The molecule has 0 aliphatic heterocycles. The largest absolute Gasteiger partial charge is 0.483 e. The lowest BCUT2D eigenvalue weighted by atomic mass is 10.2. The summed E-state index contributed by atoms with van der Waals surface area (Å²) in [6.07, 6.45) is 0. The van der Waals surface area contributed by atoms with Crippen molar-refractivity contribution in [2.24, 2.45) is 0 Å². The first-order valence-electron chi connectivity index (χ1n) is 5.95. The number of aromatic nitrogens is 2. The molecule has 0 aliphatic carbocycles. The number of nitrogens with zero attached hydrogens (tertiary/aromatic N) is 2. The fraction of sp³-hybridized carbons (Fsp3) is 0.308. The Kier molecular flexibility index (Phi) is 4.39. The van der Waals surface area contributed by atoms with Crippen molar-refractivity contribution in [2.75, 3.05) is 0 Å². The minimum absolute atomic E-state index is 0.0243. The van der Waals surface area contributed by atoms with E-state index in [9.17, 15) is 4.79 Å². The highest BCUT2D eigenvalue weighted by Crippen LogP contribution is 2.24. The second-order valence-corrected chi connectivity index (χ2v) is 5.35. The monoisotopic (exact) mass is 340 g/mol. The molecule has 20 heavy (non-hydrogen) atoms. The molecule has 7 heteroatoms. The van der Waals surface area contributed by atoms with E-state index in [4.69, 9.17) is 14.4 Å². The van der Waals surface area contributed by atoms with Crippen molar-refractivity contribution in [3.8, 4) is 5.75 Å². The van der Waals surface area contributed by atoms with Crippen LogP contribution < -0.4 is 4.74 Å². The summed E-state index contributed by atoms with van der Waals surface area (Å²) in [6.45, 7) is 3.93. The van der Waals surface area contributed by atoms with Gasteiger partial charge in [0, 0.05) is 10.4 Å². The maximum atomic E-state index is 11.1. The van der Waals surface area contributed by atoms with E-state index in [1.54, 1.807) is 12.1 Å². The van der Waals surface area contributed by atoms with E-state index in [2.05, 4.69) is 26.1 Å². The Bertz CT molecular complexity index is 625. The van der Waals surface area contributed by atoms with Crippen LogP contribution in [0.15, 0.2) is 27.2 Å². The number of benzene rings is 1. The molecule has 0 radical (unpaired) electrons. The number of hydrogen-bond acceptors (Lipinski definition) is 5. The summed E-state index contributed by atoms with van der Waals surface area (Å²) in [5.41, 5.74) is 0.0804. The third-order valence-corrected chi connectivity index (χ3v) is 3.02. The maximum Gasteiger partial charge on any atom is 0.339 e. The zero-order valence-corrected chi connectivity index (χ0v) is 12.5. The number of rotatable bonds is 5. The number of carboxylic acids is 1. The molecule has 1 heterocycles. The Morgan fingerprint density at radius 2 is 2.25 bits per heavy atom. The minimum Gasteiger partial charge on any atom is -0.483 e. The molecule has 0 saturated carbocycles. The summed E-state index contributed by atoms with van der Waals surface area (Å²) in [6, 6.07) is 4.69. The molecule has 1 aromatic carbocycles. The summed E-state index contributed by atoms with van der Waals surface area (Å²) in [4.78, 5) is 15.3. The molecule has 0 atom stereocenters. The molecule has 106 valence electrons. The molecule has 0 saturated heterocycles. The van der Waals surface area contributed by atoms with Crippen molar-refractivity contribution in [3.63, 3.8) is 0 Å². The van der Waals surface area contributed by atoms with E-state index in [0.29, 0.717) is 11.7 Å². The number of halogens is 1. The molecule has 2 rings (SSSR count). The highest BCUT2D eigenvalue weighted by atomic mass is 79.9. The first-order valence-corrected chi connectivity index (χ1v) is 6.74. The summed E-state index contributed by atoms with van der Waals surface area (Å²) in [7, 11) is 0. The van der Waals surface area contributed by atoms with Crippen LogP contribution in [0.3, 0.4) is 0 Å². The normalized spacial score (nSPS) is 10.8. The van der Waals surface area contributed by atoms with Gasteiger partial charge >= 0.3 is 5.97 Å². The Balaban J connectivity index is 2.13. The van der Waals surface area contributed by atoms with Crippen molar-refractivity contribution in [1.29, 1.82) is 0 Å². The van der Waals surface area contributed by atoms with Gasteiger partial charge in [-0.05, 0) is 18.2 Å². The number of aromatic carboxylic acids is 1. The summed E-state index contributed by atoms with van der Waals surface area (Å²) < 4.78 is 11.2. The van der Waals surface area contributed by atoms with Gasteiger partial charge in [-0.15, -0.1) is 0 Å². The molecular weight excluding hydrogens is 328 g/mol. The Morgan fingerprint density at radius 1 is 1.50 bits per heavy atom. The standard InChI is InChI=1S/C13H13BrN2O4/c1-7(2)12-15-11(20-16-12)6-19-10-5-8(14)3-4-9(10)13(17)18/h3-5,7H,6H2,1-2H3,(H,17,18). The van der Waals surface area contributed by atoms with E-state index in [1.165, 1.54) is 6.07 Å². The number of ether oxygens (including phenoxy) is 1. The third-order valence-electron chi connectivity index (χ3n) is 2.53. The van der Waals surface area contributed by atoms with Gasteiger partial charge in [0.2, 0.25) is 0 Å². The van der Waals surface area contributed by atoms with Gasteiger partial charge in [-0.3, -0.25) is 0 Å². The van der Waals surface area contributed by atoms with Crippen molar-refractivity contribution >= 4 is 21.9 Å². The molecule has 2 aromatic rings. The zero-order chi connectivity index (χ0) is 14.7. The van der Waals surface area contributed by atoms with Crippen LogP contribution >= 0.6 is 15.9 Å². The number of hydrogen-bond donors (Lipinski definition) is 1. The van der Waals surface area contributed by atoms with Crippen LogP contribution in [0.2, 0.25) is 0 Å². The first-order chi connectivity index (χ1) is 9.47. The van der Waals surface area contributed by atoms with E-state index in [0.717, 1.165) is 4.47 Å². The Labute approximate surface area is 123 Å². The van der Waals surface area contributed by atoms with Gasteiger partial charge < -0.3 is 14.4 Å². The summed E-state index contributed by atoms with van der Waals surface area (Å²) >= 11 is 3.27. The van der Waals surface area contributed by atoms with Crippen LogP contribution in [0, 0.1) is 0 Å². The average Bonchev–Trinajstić information content (AvgIpc) is 2.85. The van der Waals surface area contributed by atoms with E-state index >= 15 is 0 Å². The fourth-order valence-corrected chi connectivity index (χ4v) is 1.83. The van der Waals surface area contributed by atoms with Gasteiger partial charge in [-0.2, -0.15) is 4.98 Å². The van der Waals surface area contributed by atoms with Crippen molar-refractivity contribution in [2.45, 2.75) is 26.4 Å². The van der Waals surface area contributed by atoms with Crippen LogP contribution in [0.5, 0.6) is 5.75 Å². The molecule has 0 spiro atoms. The van der Waals surface area contributed by atoms with Crippen molar-refractivity contribution in [1.82, 2.24) is 10.1 Å². The van der Waals surface area contributed by atoms with Crippen molar-refractivity contribution in [3.05, 3.63) is 40.0 Å². The molecule has 0 aliphatic rings. The van der Waals surface area contributed by atoms with Crippen LogP contribution in [-0.4, -0.2) is 21.2 Å². The highest BCUT2D eigenvalue weighted by molar-refractivity contribution is 9.10. The highest BCUT2D eigenvalue weighted by Gasteiger charge is 2.14. The minimum atomic E-state index is -1.05. The predicted molar refractivity (Wildman–Crippen MR) is 73.8 cm³/mol. The van der Waals surface area contributed by atoms with E-state index in [-0.39, 0.29) is 23.8 Å². The van der Waals surface area contributed by atoms with Crippen LogP contribution in [0.1, 0.15) is 41.8 Å². The van der Waals surface area contributed by atoms with Gasteiger partial charge in [0.05, 0.1) is 0 Å². The van der Waals surface area contributed by atoms with Gasteiger partial charge in [-0.1, -0.05) is 34.9 Å². The maximum absolute atomic E-state index is 11.1. The molecule has 0 bridgehead atoms. The zero-order valence-electron chi connectivity index (χ0n) is 11.0. The second-order valence-electron chi connectivity index (χ2n) is 4.44.